The fourth-order valence-corrected chi connectivity index (χ4v) is 1.52. The van der Waals surface area contributed by atoms with Crippen LogP contribution in [-0.4, -0.2) is 11.8 Å². The first-order chi connectivity index (χ1) is 9.31. The van der Waals surface area contributed by atoms with Crippen molar-refractivity contribution >= 4 is 11.5 Å². The summed E-state index contributed by atoms with van der Waals surface area (Å²) in [5, 5.41) is 16.7. The number of ketones is 1. The van der Waals surface area contributed by atoms with Gasteiger partial charge in [0.15, 0.2) is 0 Å². The van der Waals surface area contributed by atoms with Crippen molar-refractivity contribution in [3.8, 4) is 6.07 Å². The Morgan fingerprint density at radius 2 is 1.58 bits per heavy atom. The third kappa shape index (κ3) is 3.33. The van der Waals surface area contributed by atoms with Crippen molar-refractivity contribution in [3.63, 3.8) is 0 Å². The van der Waals surface area contributed by atoms with E-state index >= 15 is 0 Å². The Labute approximate surface area is 111 Å². The van der Waals surface area contributed by atoms with Crippen LogP contribution < -0.4 is 0 Å². The lowest BCUT2D eigenvalue weighted by molar-refractivity contribution is 0.0979. The maximum atomic E-state index is 12.0. The van der Waals surface area contributed by atoms with Crippen molar-refractivity contribution < 1.29 is 4.79 Å². The number of benzene rings is 2. The largest absolute Gasteiger partial charge is 0.290 e. The molecule has 19 heavy (non-hydrogen) atoms. The van der Waals surface area contributed by atoms with Gasteiger partial charge in [-0.05, 0) is 12.1 Å². The molecule has 2 rings (SSSR count). The minimum atomic E-state index is -1.11. The fourth-order valence-electron chi connectivity index (χ4n) is 1.52. The van der Waals surface area contributed by atoms with Gasteiger partial charge in [0.2, 0.25) is 11.8 Å². The van der Waals surface area contributed by atoms with E-state index in [1.807, 2.05) is 30.3 Å². The summed E-state index contributed by atoms with van der Waals surface area (Å²) in [5.74, 6) is -0.345. The highest BCUT2D eigenvalue weighted by molar-refractivity contribution is 6.01. The maximum Gasteiger partial charge on any atom is 0.219 e. The molecular weight excluding hydrogens is 238 g/mol. The van der Waals surface area contributed by atoms with Crippen molar-refractivity contribution in [3.05, 3.63) is 66.2 Å². The number of nitrogens with zero attached hydrogens (tertiary/aromatic N) is 3. The molecule has 4 heteroatoms. The van der Waals surface area contributed by atoms with Gasteiger partial charge in [0.25, 0.3) is 0 Å². The highest BCUT2D eigenvalue weighted by Crippen LogP contribution is 2.13. The second-order valence-electron chi connectivity index (χ2n) is 3.81. The van der Waals surface area contributed by atoms with E-state index < -0.39 is 6.04 Å². The molecule has 4 nitrogen and oxygen atoms in total. The Kier molecular flexibility index (Phi) is 4.14. The lowest BCUT2D eigenvalue weighted by atomic mass is 10.1. The summed E-state index contributed by atoms with van der Waals surface area (Å²) in [6.07, 6.45) is 0. The number of nitriles is 1. The molecular formula is C15H11N3O. The van der Waals surface area contributed by atoms with Crippen molar-refractivity contribution in [2.75, 3.05) is 0 Å². The Balaban J connectivity index is 2.16. The van der Waals surface area contributed by atoms with Crippen LogP contribution in [0.4, 0.5) is 5.69 Å². The Morgan fingerprint density at radius 1 is 1.00 bits per heavy atom. The minimum absolute atomic E-state index is 0.345. The summed E-state index contributed by atoms with van der Waals surface area (Å²) < 4.78 is 0. The summed E-state index contributed by atoms with van der Waals surface area (Å²) in [5.41, 5.74) is 1.07. The first-order valence-electron chi connectivity index (χ1n) is 5.76. The van der Waals surface area contributed by atoms with Crippen LogP contribution in [-0.2, 0) is 0 Å². The van der Waals surface area contributed by atoms with Gasteiger partial charge in [-0.2, -0.15) is 15.5 Å². The zero-order chi connectivity index (χ0) is 13.5. The van der Waals surface area contributed by atoms with E-state index in [2.05, 4.69) is 10.2 Å². The molecule has 0 aromatic heterocycles. The summed E-state index contributed by atoms with van der Waals surface area (Å²) in [4.78, 5) is 12.0. The first kappa shape index (κ1) is 12.7. The SMILES string of the molecule is N#CC(N=Nc1ccccc1)C(=O)c1ccccc1. The second-order valence-corrected chi connectivity index (χ2v) is 3.81. The van der Waals surface area contributed by atoms with Crippen LogP contribution in [0, 0.1) is 11.3 Å². The van der Waals surface area contributed by atoms with Crippen molar-refractivity contribution in [2.45, 2.75) is 6.04 Å². The smallest absolute Gasteiger partial charge is 0.219 e. The van der Waals surface area contributed by atoms with Crippen molar-refractivity contribution in [2.24, 2.45) is 10.2 Å². The number of carbonyl (C=O) groups is 1. The molecule has 2 aromatic rings. The van der Waals surface area contributed by atoms with Gasteiger partial charge in [-0.3, -0.25) is 4.79 Å². The van der Waals surface area contributed by atoms with Gasteiger partial charge in [0.1, 0.15) is 0 Å². The van der Waals surface area contributed by atoms with Crippen LogP contribution in [0.5, 0.6) is 0 Å². The zero-order valence-corrected chi connectivity index (χ0v) is 10.1. The monoisotopic (exact) mass is 249 g/mol. The lowest BCUT2D eigenvalue weighted by Gasteiger charge is -2.01. The molecule has 0 heterocycles. The van der Waals surface area contributed by atoms with Crippen LogP contribution in [0.15, 0.2) is 70.9 Å². The van der Waals surface area contributed by atoms with Gasteiger partial charge in [0.05, 0.1) is 11.8 Å². The van der Waals surface area contributed by atoms with Gasteiger partial charge in [0, 0.05) is 5.56 Å². The van der Waals surface area contributed by atoms with Crippen LogP contribution in [0.25, 0.3) is 0 Å². The predicted molar refractivity (Wildman–Crippen MR) is 71.1 cm³/mol. The van der Waals surface area contributed by atoms with E-state index in [9.17, 15) is 4.79 Å². The number of hydrogen-bond donors (Lipinski definition) is 0. The van der Waals surface area contributed by atoms with Crippen molar-refractivity contribution in [1.29, 1.82) is 5.26 Å². The molecule has 0 fully saturated rings. The molecule has 0 spiro atoms. The molecule has 0 radical (unpaired) electrons. The van der Waals surface area contributed by atoms with E-state index in [1.165, 1.54) is 0 Å². The Bertz CT molecular complexity index is 615. The number of Topliss-reactive ketones (excluding diaryl/α,β-unsaturated/α-hetero) is 1. The van der Waals surface area contributed by atoms with Gasteiger partial charge in [-0.15, -0.1) is 0 Å². The third-order valence-corrected chi connectivity index (χ3v) is 2.47. The minimum Gasteiger partial charge on any atom is -0.290 e. The molecule has 0 N–H and O–H groups in total. The van der Waals surface area contributed by atoms with E-state index in [-0.39, 0.29) is 5.78 Å². The second kappa shape index (κ2) is 6.22. The van der Waals surface area contributed by atoms with Crippen molar-refractivity contribution in [1.82, 2.24) is 0 Å². The summed E-state index contributed by atoms with van der Waals surface area (Å²) in [7, 11) is 0. The molecule has 0 aliphatic rings. The highest BCUT2D eigenvalue weighted by Gasteiger charge is 2.18. The normalized spacial score (nSPS) is 11.9. The number of rotatable bonds is 4. The molecule has 0 aliphatic carbocycles. The van der Waals surface area contributed by atoms with Gasteiger partial charge >= 0.3 is 0 Å². The van der Waals surface area contributed by atoms with Gasteiger partial charge in [-0.25, -0.2) is 0 Å². The molecule has 0 saturated heterocycles. The Morgan fingerprint density at radius 3 is 2.16 bits per heavy atom. The quantitative estimate of drug-likeness (QED) is 0.614. The van der Waals surface area contributed by atoms with Gasteiger partial charge in [-0.1, -0.05) is 48.5 Å². The zero-order valence-electron chi connectivity index (χ0n) is 10.1. The molecule has 1 atom stereocenters. The Hall–Kier alpha value is -2.80. The van der Waals surface area contributed by atoms with E-state index in [1.54, 1.807) is 36.4 Å². The van der Waals surface area contributed by atoms with E-state index in [4.69, 9.17) is 5.26 Å². The number of azo groups is 1. The highest BCUT2D eigenvalue weighted by atomic mass is 16.1. The average molecular weight is 249 g/mol. The third-order valence-electron chi connectivity index (χ3n) is 2.47. The number of hydrogen-bond acceptors (Lipinski definition) is 4. The fraction of sp³-hybridized carbons (Fsp3) is 0.0667. The van der Waals surface area contributed by atoms with Crippen LogP contribution in [0.1, 0.15) is 10.4 Å². The average Bonchev–Trinajstić information content (AvgIpc) is 2.49. The summed E-state index contributed by atoms with van der Waals surface area (Å²) >= 11 is 0. The molecule has 1 unspecified atom stereocenters. The maximum absolute atomic E-state index is 12.0. The van der Waals surface area contributed by atoms with E-state index in [0.29, 0.717) is 11.3 Å². The molecule has 2 aromatic carbocycles. The summed E-state index contributed by atoms with van der Waals surface area (Å²) in [6, 6.07) is 18.4. The lowest BCUT2D eigenvalue weighted by Crippen LogP contribution is -2.15. The predicted octanol–water partition coefficient (Wildman–Crippen LogP) is 3.55. The topological polar surface area (TPSA) is 65.6 Å². The molecule has 0 saturated carbocycles. The van der Waals surface area contributed by atoms with Crippen LogP contribution in [0.3, 0.4) is 0 Å². The standard InChI is InChI=1S/C15H11N3O/c16-11-14(15(19)12-7-3-1-4-8-12)18-17-13-9-5-2-6-10-13/h1-10,14H. The first-order valence-corrected chi connectivity index (χ1v) is 5.76. The molecule has 0 amide bonds. The van der Waals surface area contributed by atoms with E-state index in [0.717, 1.165) is 0 Å². The number of carbonyl (C=O) groups excluding carboxylic acids is 1. The molecule has 92 valence electrons. The van der Waals surface area contributed by atoms with Crippen LogP contribution >= 0.6 is 0 Å². The molecule has 0 bridgehead atoms. The van der Waals surface area contributed by atoms with Crippen LogP contribution in [0.2, 0.25) is 0 Å². The van der Waals surface area contributed by atoms with Gasteiger partial charge < -0.3 is 0 Å². The summed E-state index contributed by atoms with van der Waals surface area (Å²) in [6.45, 7) is 0. The molecule has 0 aliphatic heterocycles.